The molecular weight excluding hydrogens is 340 g/mol. The van der Waals surface area contributed by atoms with Crippen LogP contribution in [0.25, 0.3) is 0 Å². The Morgan fingerprint density at radius 2 is 1.50 bits per heavy atom. The van der Waals surface area contributed by atoms with Crippen molar-refractivity contribution in [1.82, 2.24) is 5.32 Å². The van der Waals surface area contributed by atoms with E-state index < -0.39 is 0 Å². The molecule has 0 bridgehead atoms. The van der Waals surface area contributed by atoms with E-state index in [0.29, 0.717) is 16.2 Å². The Labute approximate surface area is 162 Å². The van der Waals surface area contributed by atoms with Crippen LogP contribution in [0.1, 0.15) is 63.0 Å². The first-order valence-electron chi connectivity index (χ1n) is 8.80. The van der Waals surface area contributed by atoms with E-state index in [-0.39, 0.29) is 16.7 Å². The fraction of sp³-hybridized carbons (Fsp3) is 0.364. The lowest BCUT2D eigenvalue weighted by molar-refractivity contribution is 0.103. The maximum absolute atomic E-state index is 12.8. The first kappa shape index (κ1) is 20.1. The van der Waals surface area contributed by atoms with Crippen molar-refractivity contribution >= 4 is 28.8 Å². The summed E-state index contributed by atoms with van der Waals surface area (Å²) in [5.41, 5.74) is 3.28. The van der Waals surface area contributed by atoms with Crippen molar-refractivity contribution in [3.8, 4) is 0 Å². The Morgan fingerprint density at radius 1 is 0.885 bits per heavy atom. The van der Waals surface area contributed by atoms with Crippen LogP contribution in [0.4, 0.5) is 5.69 Å². The van der Waals surface area contributed by atoms with Gasteiger partial charge in [-0.05, 0) is 56.1 Å². The number of nitrogens with one attached hydrogen (secondary N) is 2. The molecule has 3 nitrogen and oxygen atoms in total. The molecule has 0 atom stereocenters. The third-order valence-corrected chi connectivity index (χ3v) is 4.09. The van der Waals surface area contributed by atoms with Gasteiger partial charge in [0.2, 0.25) is 0 Å². The fourth-order valence-corrected chi connectivity index (χ4v) is 2.95. The molecule has 0 radical (unpaired) electrons. The second kappa shape index (κ2) is 7.58. The molecule has 0 aliphatic rings. The van der Waals surface area contributed by atoms with Crippen molar-refractivity contribution in [1.29, 1.82) is 0 Å². The zero-order chi connectivity index (χ0) is 19.5. The quantitative estimate of drug-likeness (QED) is 0.570. The van der Waals surface area contributed by atoms with Crippen molar-refractivity contribution in [2.24, 2.45) is 0 Å². The molecule has 26 heavy (non-hydrogen) atoms. The molecule has 0 aliphatic heterocycles. The van der Waals surface area contributed by atoms with Crippen molar-refractivity contribution in [2.45, 2.75) is 52.5 Å². The Balaban J connectivity index is 2.16. The van der Waals surface area contributed by atoms with E-state index in [9.17, 15) is 4.79 Å². The maximum Gasteiger partial charge on any atom is 0.193 e. The van der Waals surface area contributed by atoms with Crippen LogP contribution >= 0.6 is 12.2 Å². The van der Waals surface area contributed by atoms with E-state index in [1.54, 1.807) is 0 Å². The molecule has 2 N–H and O–H groups in total. The summed E-state index contributed by atoms with van der Waals surface area (Å²) in [4.78, 5) is 12.8. The van der Waals surface area contributed by atoms with Gasteiger partial charge in [-0.3, -0.25) is 4.79 Å². The van der Waals surface area contributed by atoms with Crippen molar-refractivity contribution < 1.29 is 4.79 Å². The van der Waals surface area contributed by atoms with E-state index in [2.05, 4.69) is 31.4 Å². The smallest absolute Gasteiger partial charge is 0.193 e. The SMILES string of the molecule is CC(C)(C)NC(=S)Nc1cccc(C(=O)c2ccc(C(C)(C)C)cc2)c1. The lowest BCUT2D eigenvalue weighted by Gasteiger charge is -2.23. The molecule has 2 rings (SSSR count). The number of carbonyl (C=O) groups is 1. The topological polar surface area (TPSA) is 41.1 Å². The van der Waals surface area contributed by atoms with Crippen molar-refractivity contribution in [2.75, 3.05) is 5.32 Å². The van der Waals surface area contributed by atoms with Crippen LogP contribution in [-0.2, 0) is 5.41 Å². The van der Waals surface area contributed by atoms with Gasteiger partial charge in [0.05, 0.1) is 0 Å². The van der Waals surface area contributed by atoms with Gasteiger partial charge in [0, 0.05) is 22.4 Å². The number of ketones is 1. The number of hydrogen-bond donors (Lipinski definition) is 2. The minimum atomic E-state index is -0.119. The van der Waals surface area contributed by atoms with Gasteiger partial charge in [0.15, 0.2) is 10.9 Å². The zero-order valence-electron chi connectivity index (χ0n) is 16.4. The highest BCUT2D eigenvalue weighted by Crippen LogP contribution is 2.23. The second-order valence-corrected chi connectivity index (χ2v) is 8.97. The van der Waals surface area contributed by atoms with Crippen LogP contribution in [0.2, 0.25) is 0 Å². The molecule has 2 aromatic carbocycles. The summed E-state index contributed by atoms with van der Waals surface area (Å²) >= 11 is 5.33. The summed E-state index contributed by atoms with van der Waals surface area (Å²) in [6.07, 6.45) is 0. The van der Waals surface area contributed by atoms with Gasteiger partial charge in [-0.15, -0.1) is 0 Å². The first-order valence-corrected chi connectivity index (χ1v) is 9.21. The third kappa shape index (κ3) is 5.67. The molecule has 2 aromatic rings. The largest absolute Gasteiger partial charge is 0.358 e. The van der Waals surface area contributed by atoms with Crippen molar-refractivity contribution in [3.05, 3.63) is 65.2 Å². The minimum absolute atomic E-state index is 0.00353. The Bertz CT molecular complexity index is 796. The number of carbonyl (C=O) groups excluding carboxylic acids is 1. The Morgan fingerprint density at radius 3 is 2.04 bits per heavy atom. The molecule has 0 spiro atoms. The summed E-state index contributed by atoms with van der Waals surface area (Å²) in [5.74, 6) is 0.00353. The lowest BCUT2D eigenvalue weighted by Crippen LogP contribution is -2.42. The highest BCUT2D eigenvalue weighted by Gasteiger charge is 2.16. The highest BCUT2D eigenvalue weighted by molar-refractivity contribution is 7.80. The lowest BCUT2D eigenvalue weighted by atomic mass is 9.86. The zero-order valence-corrected chi connectivity index (χ0v) is 17.3. The van der Waals surface area contributed by atoms with E-state index >= 15 is 0 Å². The molecule has 0 saturated heterocycles. The molecule has 138 valence electrons. The predicted octanol–water partition coefficient (Wildman–Crippen LogP) is 5.30. The summed E-state index contributed by atoms with van der Waals surface area (Å²) in [5, 5.41) is 6.88. The van der Waals surface area contributed by atoms with Crippen LogP contribution in [0.15, 0.2) is 48.5 Å². The fourth-order valence-electron chi connectivity index (χ4n) is 2.53. The molecule has 0 heterocycles. The summed E-state index contributed by atoms with van der Waals surface area (Å²) < 4.78 is 0. The van der Waals surface area contributed by atoms with Gasteiger partial charge < -0.3 is 10.6 Å². The summed E-state index contributed by atoms with van der Waals surface area (Å²) in [7, 11) is 0. The number of rotatable bonds is 3. The Kier molecular flexibility index (Phi) is 5.87. The van der Waals surface area contributed by atoms with Gasteiger partial charge in [-0.1, -0.05) is 57.2 Å². The minimum Gasteiger partial charge on any atom is -0.358 e. The molecule has 0 saturated carbocycles. The second-order valence-electron chi connectivity index (χ2n) is 8.57. The number of hydrogen-bond acceptors (Lipinski definition) is 2. The standard InChI is InChI=1S/C22H28N2OS/c1-21(2,3)17-12-10-15(11-13-17)19(25)16-8-7-9-18(14-16)23-20(26)24-22(4,5)6/h7-14H,1-6H3,(H2,23,24,26). The molecular formula is C22H28N2OS. The van der Waals surface area contributed by atoms with Gasteiger partial charge >= 0.3 is 0 Å². The molecule has 0 amide bonds. The van der Waals surface area contributed by atoms with Gasteiger partial charge in [-0.25, -0.2) is 0 Å². The average Bonchev–Trinajstić information content (AvgIpc) is 2.52. The monoisotopic (exact) mass is 368 g/mol. The highest BCUT2D eigenvalue weighted by atomic mass is 32.1. The van der Waals surface area contributed by atoms with E-state index in [0.717, 1.165) is 5.69 Å². The number of thiocarbonyl (C=S) groups is 1. The normalized spacial score (nSPS) is 11.8. The molecule has 0 unspecified atom stereocenters. The van der Waals surface area contributed by atoms with Gasteiger partial charge in [0.25, 0.3) is 0 Å². The molecule has 0 fully saturated rings. The average molecular weight is 369 g/mol. The predicted molar refractivity (Wildman–Crippen MR) is 114 cm³/mol. The van der Waals surface area contributed by atoms with E-state index in [1.165, 1.54) is 5.56 Å². The van der Waals surface area contributed by atoms with Crippen LogP contribution in [0.3, 0.4) is 0 Å². The van der Waals surface area contributed by atoms with E-state index in [4.69, 9.17) is 12.2 Å². The third-order valence-electron chi connectivity index (χ3n) is 3.88. The molecule has 4 heteroatoms. The maximum atomic E-state index is 12.8. The van der Waals surface area contributed by atoms with E-state index in [1.807, 2.05) is 69.3 Å². The molecule has 0 aromatic heterocycles. The van der Waals surface area contributed by atoms with Crippen LogP contribution < -0.4 is 10.6 Å². The van der Waals surface area contributed by atoms with Crippen LogP contribution in [-0.4, -0.2) is 16.4 Å². The Hall–Kier alpha value is -2.20. The van der Waals surface area contributed by atoms with Gasteiger partial charge in [-0.2, -0.15) is 0 Å². The first-order chi connectivity index (χ1) is 12.0. The number of anilines is 1. The summed E-state index contributed by atoms with van der Waals surface area (Å²) in [6, 6.07) is 15.3. The van der Waals surface area contributed by atoms with Gasteiger partial charge in [0.1, 0.15) is 0 Å². The molecule has 0 aliphatic carbocycles. The van der Waals surface area contributed by atoms with Crippen molar-refractivity contribution in [3.63, 3.8) is 0 Å². The van der Waals surface area contributed by atoms with Crippen LogP contribution in [0.5, 0.6) is 0 Å². The van der Waals surface area contributed by atoms with Crippen LogP contribution in [0, 0.1) is 0 Å². The summed E-state index contributed by atoms with van der Waals surface area (Å²) in [6.45, 7) is 12.6. The number of benzene rings is 2.